The third kappa shape index (κ3) is 7.32. The molecule has 0 aliphatic heterocycles. The monoisotopic (exact) mass is 563 g/mol. The molecule has 3 rings (SSSR count). The van der Waals surface area contributed by atoms with Crippen LogP contribution >= 0.6 is 28.1 Å². The predicted molar refractivity (Wildman–Crippen MR) is 141 cm³/mol. The number of halogens is 1. The highest BCUT2D eigenvalue weighted by molar-refractivity contribution is 9.10. The number of hydrogen-bond donors (Lipinski definition) is 2. The number of nitrogens with one attached hydrogen (secondary N) is 1. The van der Waals surface area contributed by atoms with Crippen LogP contribution in [0.25, 0.3) is 0 Å². The van der Waals surface area contributed by atoms with Gasteiger partial charge in [0.15, 0.2) is 23.2 Å². The second-order valence-corrected chi connectivity index (χ2v) is 9.51. The van der Waals surface area contributed by atoms with Gasteiger partial charge in [-0.1, -0.05) is 25.3 Å². The van der Waals surface area contributed by atoms with Crippen molar-refractivity contribution in [3.63, 3.8) is 0 Å². The molecule has 188 valence electrons. The lowest BCUT2D eigenvalue weighted by atomic mass is 9.94. The number of thiocarbonyl (C=S) groups is 1. The number of hydrogen-bond acceptors (Lipinski definition) is 6. The van der Waals surface area contributed by atoms with Gasteiger partial charge in [0.25, 0.3) is 11.8 Å². The molecule has 0 unspecified atom stereocenters. The number of ether oxygens (including phenoxy) is 3. The molecule has 1 aliphatic carbocycles. The Morgan fingerprint density at radius 1 is 1.06 bits per heavy atom. The van der Waals surface area contributed by atoms with E-state index < -0.39 is 5.91 Å². The van der Waals surface area contributed by atoms with E-state index in [0.29, 0.717) is 38.9 Å². The average molecular weight is 565 g/mol. The Hall–Kier alpha value is -2.85. The first-order valence-corrected chi connectivity index (χ1v) is 12.6. The van der Waals surface area contributed by atoms with Gasteiger partial charge in [-0.05, 0) is 76.9 Å². The average Bonchev–Trinajstić information content (AvgIpc) is 2.86. The molecule has 8 nitrogen and oxygen atoms in total. The van der Waals surface area contributed by atoms with E-state index in [-0.39, 0.29) is 18.6 Å². The molecule has 2 aromatic carbocycles. The summed E-state index contributed by atoms with van der Waals surface area (Å²) in [5.74, 6) is 0.715. The van der Waals surface area contributed by atoms with Crippen molar-refractivity contribution in [2.75, 3.05) is 20.8 Å². The second-order valence-electron chi connectivity index (χ2n) is 8.27. The minimum absolute atomic E-state index is 0.218. The maximum atomic E-state index is 13.0. The van der Waals surface area contributed by atoms with Crippen molar-refractivity contribution in [3.8, 4) is 17.2 Å². The van der Waals surface area contributed by atoms with Crippen LogP contribution in [0.3, 0.4) is 0 Å². The highest BCUT2D eigenvalue weighted by atomic mass is 79.9. The third-order valence-corrected chi connectivity index (χ3v) is 6.82. The molecule has 10 heteroatoms. The van der Waals surface area contributed by atoms with Crippen molar-refractivity contribution in [1.82, 2.24) is 10.2 Å². The Bertz CT molecular complexity index is 1080. The van der Waals surface area contributed by atoms with E-state index in [1.54, 1.807) is 31.4 Å². The van der Waals surface area contributed by atoms with Gasteiger partial charge in [0.05, 0.1) is 18.7 Å². The standard InChI is InChI=1S/C25H30BrN3O5S/c1-32-20-11-9-17(13-19(20)26)24(31)28-25(35)29(18-6-4-3-5-7-18)14-16-8-10-21(22(12-16)33-2)34-15-23(27)30/h8-13,18H,3-7,14-15H2,1-2H3,(H2,27,30)(H,28,31,35). The first-order chi connectivity index (χ1) is 16.8. The van der Waals surface area contributed by atoms with Crippen molar-refractivity contribution >= 4 is 45.1 Å². The summed E-state index contributed by atoms with van der Waals surface area (Å²) in [5, 5.41) is 3.28. The minimum Gasteiger partial charge on any atom is -0.496 e. The molecule has 1 aliphatic rings. The molecule has 0 atom stereocenters. The molecule has 35 heavy (non-hydrogen) atoms. The lowest BCUT2D eigenvalue weighted by Crippen LogP contribution is -2.48. The van der Waals surface area contributed by atoms with Crippen molar-refractivity contribution in [3.05, 3.63) is 52.0 Å². The largest absolute Gasteiger partial charge is 0.496 e. The topological polar surface area (TPSA) is 103 Å². The smallest absolute Gasteiger partial charge is 0.257 e. The van der Waals surface area contributed by atoms with Crippen molar-refractivity contribution in [2.45, 2.75) is 44.7 Å². The van der Waals surface area contributed by atoms with Crippen LogP contribution in [0.1, 0.15) is 48.0 Å². The van der Waals surface area contributed by atoms with Crippen molar-refractivity contribution in [1.29, 1.82) is 0 Å². The van der Waals surface area contributed by atoms with Gasteiger partial charge in [0, 0.05) is 18.2 Å². The summed E-state index contributed by atoms with van der Waals surface area (Å²) < 4.78 is 16.8. The molecule has 2 amide bonds. The number of nitrogens with two attached hydrogens (primary N) is 1. The van der Waals surface area contributed by atoms with Gasteiger partial charge in [0.1, 0.15) is 5.75 Å². The highest BCUT2D eigenvalue weighted by Gasteiger charge is 2.25. The first-order valence-electron chi connectivity index (χ1n) is 11.4. The summed E-state index contributed by atoms with van der Waals surface area (Å²) >= 11 is 9.14. The number of methoxy groups -OCH3 is 2. The Kier molecular flexibility index (Phi) is 9.73. The van der Waals surface area contributed by atoms with Gasteiger partial charge in [-0.25, -0.2) is 0 Å². The van der Waals surface area contributed by atoms with E-state index in [1.807, 2.05) is 12.1 Å². The lowest BCUT2D eigenvalue weighted by molar-refractivity contribution is -0.119. The number of carbonyl (C=O) groups excluding carboxylic acids is 2. The molecule has 3 N–H and O–H groups in total. The highest BCUT2D eigenvalue weighted by Crippen LogP contribution is 2.30. The van der Waals surface area contributed by atoms with Crippen LogP contribution in [-0.2, 0) is 11.3 Å². The SMILES string of the molecule is COc1ccc(C(=O)NC(=S)N(Cc2ccc(OCC(N)=O)c(OC)c2)C2CCCCC2)cc1Br. The summed E-state index contributed by atoms with van der Waals surface area (Å²) in [6.45, 7) is 0.254. The van der Waals surface area contributed by atoms with Crippen LogP contribution in [0.15, 0.2) is 40.9 Å². The van der Waals surface area contributed by atoms with Crippen LogP contribution in [0.2, 0.25) is 0 Å². The van der Waals surface area contributed by atoms with Crippen molar-refractivity contribution in [2.24, 2.45) is 5.73 Å². The summed E-state index contributed by atoms with van der Waals surface area (Å²) in [6, 6.07) is 10.8. The van der Waals surface area contributed by atoms with Gasteiger partial charge >= 0.3 is 0 Å². The Morgan fingerprint density at radius 3 is 2.37 bits per heavy atom. The van der Waals surface area contributed by atoms with E-state index in [2.05, 4.69) is 26.1 Å². The van der Waals surface area contributed by atoms with Crippen LogP contribution in [0.4, 0.5) is 0 Å². The van der Waals surface area contributed by atoms with Crippen LogP contribution in [0.5, 0.6) is 17.2 Å². The molecule has 0 saturated heterocycles. The zero-order valence-corrected chi connectivity index (χ0v) is 22.2. The maximum absolute atomic E-state index is 13.0. The summed E-state index contributed by atoms with van der Waals surface area (Å²) in [5.41, 5.74) is 6.59. The van der Waals surface area contributed by atoms with Gasteiger partial charge < -0.3 is 24.8 Å². The zero-order valence-electron chi connectivity index (χ0n) is 19.8. The molecule has 0 aromatic heterocycles. The number of amides is 2. The number of primary amides is 1. The number of benzene rings is 2. The van der Waals surface area contributed by atoms with E-state index >= 15 is 0 Å². The molecule has 0 spiro atoms. The Morgan fingerprint density at radius 2 is 1.74 bits per heavy atom. The van der Waals surface area contributed by atoms with Crippen LogP contribution < -0.4 is 25.3 Å². The fourth-order valence-corrected chi connectivity index (χ4v) is 4.93. The summed E-state index contributed by atoms with van der Waals surface area (Å²) in [4.78, 5) is 26.1. The first kappa shape index (κ1) is 26.7. The quantitative estimate of drug-likeness (QED) is 0.441. The molecule has 0 bridgehead atoms. The number of rotatable bonds is 9. The normalized spacial score (nSPS) is 13.6. The Balaban J connectivity index is 1.78. The fourth-order valence-electron chi connectivity index (χ4n) is 4.08. The molecule has 2 aromatic rings. The number of carbonyl (C=O) groups is 2. The summed E-state index contributed by atoms with van der Waals surface area (Å²) in [7, 11) is 3.11. The Labute approximate surface area is 219 Å². The maximum Gasteiger partial charge on any atom is 0.257 e. The molecule has 1 saturated carbocycles. The van der Waals surface area contributed by atoms with Gasteiger partial charge in [-0.2, -0.15) is 0 Å². The van der Waals surface area contributed by atoms with E-state index in [0.717, 1.165) is 31.2 Å². The van der Waals surface area contributed by atoms with Gasteiger partial charge in [-0.3, -0.25) is 14.9 Å². The van der Waals surface area contributed by atoms with Crippen molar-refractivity contribution < 1.29 is 23.8 Å². The summed E-state index contributed by atoms with van der Waals surface area (Å²) in [6.07, 6.45) is 5.43. The third-order valence-electron chi connectivity index (χ3n) is 5.86. The fraction of sp³-hybridized carbons (Fsp3) is 0.400. The van der Waals surface area contributed by atoms with E-state index in [4.69, 9.17) is 32.2 Å². The van der Waals surface area contributed by atoms with Gasteiger partial charge in [-0.15, -0.1) is 0 Å². The molecule has 1 fully saturated rings. The van der Waals surface area contributed by atoms with Crippen LogP contribution in [0, 0.1) is 0 Å². The minimum atomic E-state index is -0.565. The van der Waals surface area contributed by atoms with E-state index in [1.165, 1.54) is 13.5 Å². The molecule has 0 heterocycles. The predicted octanol–water partition coefficient (Wildman–Crippen LogP) is 4.18. The molecular weight excluding hydrogens is 534 g/mol. The van der Waals surface area contributed by atoms with E-state index in [9.17, 15) is 9.59 Å². The molecule has 0 radical (unpaired) electrons. The van der Waals surface area contributed by atoms with Gasteiger partial charge in [0.2, 0.25) is 0 Å². The van der Waals surface area contributed by atoms with Crippen LogP contribution in [-0.4, -0.2) is 48.7 Å². The molecular formula is C25H30BrN3O5S. The second kappa shape index (κ2) is 12.7. The lowest BCUT2D eigenvalue weighted by Gasteiger charge is -2.36. The number of nitrogens with zero attached hydrogens (tertiary/aromatic N) is 1. The zero-order chi connectivity index (χ0) is 25.4.